The zero-order chi connectivity index (χ0) is 17.5. The van der Waals surface area contributed by atoms with Gasteiger partial charge in [0, 0.05) is 19.8 Å². The van der Waals surface area contributed by atoms with Gasteiger partial charge in [0.05, 0.1) is 17.8 Å². The maximum absolute atomic E-state index is 11.9. The number of hydrogen-bond acceptors (Lipinski definition) is 4. The first-order valence-corrected chi connectivity index (χ1v) is 7.55. The lowest BCUT2D eigenvalue weighted by atomic mass is 10.1. The van der Waals surface area contributed by atoms with Gasteiger partial charge in [0.1, 0.15) is 5.60 Å². The van der Waals surface area contributed by atoms with E-state index in [1.165, 1.54) is 0 Å². The summed E-state index contributed by atoms with van der Waals surface area (Å²) in [5, 5.41) is 15.9. The first-order valence-electron chi connectivity index (χ1n) is 7.55. The molecule has 4 N–H and O–H groups in total. The number of aromatic nitrogens is 2. The Bertz CT molecular complexity index is 523. The fourth-order valence-corrected chi connectivity index (χ4v) is 1.71. The molecule has 0 aliphatic carbocycles. The molecule has 1 heterocycles. The second kappa shape index (κ2) is 9.70. The number of aromatic amines is 1. The van der Waals surface area contributed by atoms with Crippen LogP contribution in [-0.2, 0) is 11.3 Å². The SMILES string of the molecule is CN=C(NCc1ccn[nH]1)NCC(C)(C)NC(=O)OC(C)(C)C.I. The average molecular weight is 452 g/mol. The van der Waals surface area contributed by atoms with E-state index in [9.17, 15) is 4.79 Å². The third-order valence-corrected chi connectivity index (χ3v) is 2.77. The molecular weight excluding hydrogens is 423 g/mol. The van der Waals surface area contributed by atoms with Gasteiger partial charge in [0.15, 0.2) is 5.96 Å². The van der Waals surface area contributed by atoms with Crippen LogP contribution in [0.4, 0.5) is 4.79 Å². The molecule has 0 radical (unpaired) electrons. The fourth-order valence-electron chi connectivity index (χ4n) is 1.71. The molecule has 0 saturated heterocycles. The highest BCUT2D eigenvalue weighted by molar-refractivity contribution is 14.0. The van der Waals surface area contributed by atoms with Crippen LogP contribution in [0.1, 0.15) is 40.3 Å². The summed E-state index contributed by atoms with van der Waals surface area (Å²) in [6.07, 6.45) is 1.26. The number of carbonyl (C=O) groups is 1. The van der Waals surface area contributed by atoms with Gasteiger partial charge in [-0.3, -0.25) is 10.1 Å². The van der Waals surface area contributed by atoms with Crippen molar-refractivity contribution in [2.75, 3.05) is 13.6 Å². The van der Waals surface area contributed by atoms with Crippen molar-refractivity contribution in [3.8, 4) is 0 Å². The van der Waals surface area contributed by atoms with Gasteiger partial charge in [-0.05, 0) is 40.7 Å². The molecule has 0 aliphatic rings. The van der Waals surface area contributed by atoms with Gasteiger partial charge in [-0.25, -0.2) is 4.79 Å². The minimum absolute atomic E-state index is 0. The van der Waals surface area contributed by atoms with Gasteiger partial charge < -0.3 is 20.7 Å². The standard InChI is InChI=1S/C15H28N6O2.HI/c1-14(2,3)23-13(22)20-15(4,5)10-18-12(16-6)17-9-11-7-8-19-21-11;/h7-8H,9-10H2,1-6H3,(H,19,21)(H,20,22)(H2,16,17,18);1H. The predicted molar refractivity (Wildman–Crippen MR) is 106 cm³/mol. The number of guanidine groups is 1. The van der Waals surface area contributed by atoms with E-state index in [1.807, 2.05) is 40.7 Å². The number of aliphatic imine (C=N–C) groups is 1. The molecule has 0 atom stereocenters. The number of amides is 1. The van der Waals surface area contributed by atoms with E-state index in [0.717, 1.165) is 5.69 Å². The summed E-state index contributed by atoms with van der Waals surface area (Å²) in [6.45, 7) is 10.4. The molecule has 1 amide bonds. The second-order valence-electron chi connectivity index (χ2n) is 6.87. The predicted octanol–water partition coefficient (Wildman–Crippen LogP) is 2.00. The Morgan fingerprint density at radius 3 is 2.46 bits per heavy atom. The molecular formula is C15H29IN6O2. The second-order valence-corrected chi connectivity index (χ2v) is 6.87. The topological polar surface area (TPSA) is 103 Å². The van der Waals surface area contributed by atoms with Crippen LogP contribution in [0.15, 0.2) is 17.3 Å². The first-order chi connectivity index (χ1) is 10.6. The van der Waals surface area contributed by atoms with Crippen LogP contribution in [0.2, 0.25) is 0 Å². The maximum Gasteiger partial charge on any atom is 0.408 e. The van der Waals surface area contributed by atoms with E-state index in [2.05, 4.69) is 31.1 Å². The number of alkyl carbamates (subject to hydrolysis) is 1. The van der Waals surface area contributed by atoms with Crippen molar-refractivity contribution in [1.82, 2.24) is 26.1 Å². The number of nitrogens with one attached hydrogen (secondary N) is 4. The van der Waals surface area contributed by atoms with Crippen molar-refractivity contribution < 1.29 is 9.53 Å². The summed E-state index contributed by atoms with van der Waals surface area (Å²) >= 11 is 0. The minimum atomic E-state index is -0.519. The third-order valence-electron chi connectivity index (χ3n) is 2.77. The summed E-state index contributed by atoms with van der Waals surface area (Å²) in [6, 6.07) is 1.88. The molecule has 138 valence electrons. The van der Waals surface area contributed by atoms with Gasteiger partial charge in [-0.2, -0.15) is 5.10 Å². The summed E-state index contributed by atoms with van der Waals surface area (Å²) in [5.74, 6) is 0.638. The van der Waals surface area contributed by atoms with Crippen LogP contribution in [0.5, 0.6) is 0 Å². The van der Waals surface area contributed by atoms with Gasteiger partial charge >= 0.3 is 6.09 Å². The number of H-pyrrole nitrogens is 1. The summed E-state index contributed by atoms with van der Waals surface area (Å²) in [7, 11) is 1.69. The van der Waals surface area contributed by atoms with Crippen LogP contribution in [0.3, 0.4) is 0 Å². The molecule has 1 rings (SSSR count). The van der Waals surface area contributed by atoms with Crippen LogP contribution in [0.25, 0.3) is 0 Å². The molecule has 0 aromatic carbocycles. The van der Waals surface area contributed by atoms with E-state index in [4.69, 9.17) is 4.74 Å². The molecule has 9 heteroatoms. The highest BCUT2D eigenvalue weighted by Crippen LogP contribution is 2.09. The Morgan fingerprint density at radius 2 is 1.96 bits per heavy atom. The Hall–Kier alpha value is -1.52. The van der Waals surface area contributed by atoms with Crippen molar-refractivity contribution in [3.63, 3.8) is 0 Å². The molecule has 8 nitrogen and oxygen atoms in total. The average Bonchev–Trinajstić information content (AvgIpc) is 2.88. The van der Waals surface area contributed by atoms with Crippen LogP contribution >= 0.6 is 24.0 Å². The van der Waals surface area contributed by atoms with Crippen LogP contribution < -0.4 is 16.0 Å². The number of ether oxygens (including phenoxy) is 1. The van der Waals surface area contributed by atoms with Crippen molar-refractivity contribution in [3.05, 3.63) is 18.0 Å². The quantitative estimate of drug-likeness (QED) is 0.311. The summed E-state index contributed by atoms with van der Waals surface area (Å²) in [4.78, 5) is 16.0. The lowest BCUT2D eigenvalue weighted by molar-refractivity contribution is 0.0474. The molecule has 0 fully saturated rings. The molecule has 0 unspecified atom stereocenters. The number of hydrogen-bond donors (Lipinski definition) is 4. The van der Waals surface area contributed by atoms with Gasteiger partial charge in [0.2, 0.25) is 0 Å². The molecule has 1 aromatic rings. The number of rotatable bonds is 5. The number of carbonyl (C=O) groups excluding carboxylic acids is 1. The monoisotopic (exact) mass is 452 g/mol. The Kier molecular flexibility index (Phi) is 9.08. The zero-order valence-corrected chi connectivity index (χ0v) is 17.5. The molecule has 24 heavy (non-hydrogen) atoms. The Morgan fingerprint density at radius 1 is 1.29 bits per heavy atom. The molecule has 0 aliphatic heterocycles. The van der Waals surface area contributed by atoms with E-state index in [0.29, 0.717) is 19.0 Å². The fraction of sp³-hybridized carbons (Fsp3) is 0.667. The molecule has 0 saturated carbocycles. The summed E-state index contributed by atoms with van der Waals surface area (Å²) < 4.78 is 5.27. The third kappa shape index (κ3) is 9.58. The normalized spacial score (nSPS) is 12.2. The Labute approximate surface area is 160 Å². The van der Waals surface area contributed by atoms with E-state index >= 15 is 0 Å². The highest BCUT2D eigenvalue weighted by atomic mass is 127. The van der Waals surface area contributed by atoms with Crippen molar-refractivity contribution in [2.45, 2.75) is 52.3 Å². The van der Waals surface area contributed by atoms with Gasteiger partial charge in [0.25, 0.3) is 0 Å². The minimum Gasteiger partial charge on any atom is -0.444 e. The smallest absolute Gasteiger partial charge is 0.408 e. The summed E-state index contributed by atoms with van der Waals surface area (Å²) in [5.41, 5.74) is -0.0532. The molecule has 1 aromatic heterocycles. The van der Waals surface area contributed by atoms with E-state index in [-0.39, 0.29) is 24.0 Å². The van der Waals surface area contributed by atoms with Crippen molar-refractivity contribution >= 4 is 36.0 Å². The van der Waals surface area contributed by atoms with E-state index in [1.54, 1.807) is 13.2 Å². The number of nitrogens with zero attached hydrogens (tertiary/aromatic N) is 2. The lowest BCUT2D eigenvalue weighted by Gasteiger charge is -2.29. The Balaban J connectivity index is 0.00000529. The first kappa shape index (κ1) is 22.5. The lowest BCUT2D eigenvalue weighted by Crippen LogP contribution is -2.54. The largest absolute Gasteiger partial charge is 0.444 e. The molecule has 0 spiro atoms. The van der Waals surface area contributed by atoms with Crippen molar-refractivity contribution in [1.29, 1.82) is 0 Å². The van der Waals surface area contributed by atoms with E-state index < -0.39 is 17.2 Å². The van der Waals surface area contributed by atoms with Gasteiger partial charge in [-0.15, -0.1) is 24.0 Å². The zero-order valence-electron chi connectivity index (χ0n) is 15.2. The maximum atomic E-state index is 11.9. The number of halogens is 1. The van der Waals surface area contributed by atoms with Crippen molar-refractivity contribution in [2.24, 2.45) is 4.99 Å². The highest BCUT2D eigenvalue weighted by Gasteiger charge is 2.24. The van der Waals surface area contributed by atoms with Crippen LogP contribution in [0, 0.1) is 0 Å². The molecule has 0 bridgehead atoms. The van der Waals surface area contributed by atoms with Gasteiger partial charge in [-0.1, -0.05) is 0 Å². The van der Waals surface area contributed by atoms with Crippen LogP contribution in [-0.4, -0.2) is 47.0 Å².